The Morgan fingerprint density at radius 2 is 1.78 bits per heavy atom. The fraction of sp³-hybridized carbons (Fsp3) is 0.706. The third-order valence-electron chi connectivity index (χ3n) is 4.25. The minimum absolute atomic E-state index is 0.0165. The Morgan fingerprint density at radius 1 is 1.17 bits per heavy atom. The summed E-state index contributed by atoms with van der Waals surface area (Å²) in [6.07, 6.45) is 4.43. The molecule has 0 saturated carbocycles. The predicted molar refractivity (Wildman–Crippen MR) is 87.2 cm³/mol. The molecule has 0 bridgehead atoms. The van der Waals surface area contributed by atoms with Gasteiger partial charge in [0.2, 0.25) is 11.7 Å². The van der Waals surface area contributed by atoms with E-state index in [0.29, 0.717) is 11.6 Å². The quantitative estimate of drug-likeness (QED) is 0.855. The highest BCUT2D eigenvalue weighted by molar-refractivity contribution is 5.95. The standard InChI is InChI=1S/C17H27N3O3/c1-12(2)20(17(22)16-13(3)18-14(4)23-16)11-15(21)19-9-7-5-6-8-10-19/h12H,5-11H2,1-4H3. The lowest BCUT2D eigenvalue weighted by Crippen LogP contribution is -2.46. The number of nitrogens with zero attached hydrogens (tertiary/aromatic N) is 3. The monoisotopic (exact) mass is 321 g/mol. The fourth-order valence-corrected chi connectivity index (χ4v) is 2.91. The second-order valence-electron chi connectivity index (χ2n) is 6.47. The Morgan fingerprint density at radius 3 is 2.26 bits per heavy atom. The van der Waals surface area contributed by atoms with Crippen LogP contribution < -0.4 is 0 Å². The molecule has 2 amide bonds. The number of oxazole rings is 1. The van der Waals surface area contributed by atoms with Crippen LogP contribution in [0.3, 0.4) is 0 Å². The Hall–Kier alpha value is -1.85. The maximum absolute atomic E-state index is 12.7. The van der Waals surface area contributed by atoms with E-state index in [1.54, 1.807) is 18.7 Å². The van der Waals surface area contributed by atoms with Gasteiger partial charge in [-0.3, -0.25) is 9.59 Å². The molecule has 1 saturated heterocycles. The van der Waals surface area contributed by atoms with E-state index in [1.807, 2.05) is 18.7 Å². The first-order valence-corrected chi connectivity index (χ1v) is 8.43. The van der Waals surface area contributed by atoms with Crippen LogP contribution in [0.15, 0.2) is 4.42 Å². The van der Waals surface area contributed by atoms with Crippen LogP contribution in [-0.4, -0.2) is 52.3 Å². The third-order valence-corrected chi connectivity index (χ3v) is 4.25. The molecule has 0 spiro atoms. The molecule has 128 valence electrons. The van der Waals surface area contributed by atoms with E-state index in [2.05, 4.69) is 4.98 Å². The maximum atomic E-state index is 12.7. The van der Waals surface area contributed by atoms with E-state index in [9.17, 15) is 9.59 Å². The molecule has 0 aromatic carbocycles. The van der Waals surface area contributed by atoms with Gasteiger partial charge in [-0.2, -0.15) is 0 Å². The van der Waals surface area contributed by atoms with Crippen molar-refractivity contribution in [1.29, 1.82) is 0 Å². The van der Waals surface area contributed by atoms with Crippen LogP contribution in [0.2, 0.25) is 0 Å². The number of likely N-dealkylation sites (tertiary alicyclic amines) is 1. The van der Waals surface area contributed by atoms with Crippen LogP contribution in [0.1, 0.15) is 61.7 Å². The molecular weight excluding hydrogens is 294 g/mol. The first-order chi connectivity index (χ1) is 10.9. The summed E-state index contributed by atoms with van der Waals surface area (Å²) in [5, 5.41) is 0. The molecule has 2 heterocycles. The number of carbonyl (C=O) groups is 2. The smallest absolute Gasteiger partial charge is 0.292 e. The minimum atomic E-state index is -0.263. The van der Waals surface area contributed by atoms with Gasteiger partial charge in [0, 0.05) is 26.1 Å². The van der Waals surface area contributed by atoms with E-state index >= 15 is 0 Å². The zero-order chi connectivity index (χ0) is 17.0. The molecule has 0 atom stereocenters. The van der Waals surface area contributed by atoms with Gasteiger partial charge in [0.15, 0.2) is 5.89 Å². The van der Waals surface area contributed by atoms with Crippen molar-refractivity contribution in [2.75, 3.05) is 19.6 Å². The molecule has 0 aliphatic carbocycles. The summed E-state index contributed by atoms with van der Waals surface area (Å²) in [5.41, 5.74) is 0.570. The highest BCUT2D eigenvalue weighted by atomic mass is 16.4. The summed E-state index contributed by atoms with van der Waals surface area (Å²) in [6, 6.07) is -0.0803. The van der Waals surface area contributed by atoms with Gasteiger partial charge in [0.1, 0.15) is 6.54 Å². The number of aromatic nitrogens is 1. The Kier molecular flexibility index (Phi) is 5.80. The Balaban J connectivity index is 2.10. The summed E-state index contributed by atoms with van der Waals surface area (Å²) in [4.78, 5) is 32.9. The summed E-state index contributed by atoms with van der Waals surface area (Å²) < 4.78 is 5.43. The van der Waals surface area contributed by atoms with Crippen molar-refractivity contribution >= 4 is 11.8 Å². The lowest BCUT2D eigenvalue weighted by Gasteiger charge is -2.29. The Labute approximate surface area is 137 Å². The lowest BCUT2D eigenvalue weighted by molar-refractivity contribution is -0.132. The SMILES string of the molecule is Cc1nc(C)c(C(=O)N(CC(=O)N2CCCCCC2)C(C)C)o1. The van der Waals surface area contributed by atoms with E-state index in [-0.39, 0.29) is 30.2 Å². The number of hydrogen-bond acceptors (Lipinski definition) is 4. The molecule has 0 unspecified atom stereocenters. The molecule has 2 rings (SSSR count). The van der Waals surface area contributed by atoms with E-state index in [1.165, 1.54) is 12.8 Å². The van der Waals surface area contributed by atoms with Gasteiger partial charge in [0.05, 0.1) is 5.69 Å². The van der Waals surface area contributed by atoms with Crippen molar-refractivity contribution in [2.24, 2.45) is 0 Å². The summed E-state index contributed by atoms with van der Waals surface area (Å²) >= 11 is 0. The van der Waals surface area contributed by atoms with Gasteiger partial charge in [-0.05, 0) is 33.6 Å². The average Bonchev–Trinajstić information content (AvgIpc) is 2.70. The second kappa shape index (κ2) is 7.62. The van der Waals surface area contributed by atoms with Gasteiger partial charge >= 0.3 is 0 Å². The van der Waals surface area contributed by atoms with Crippen molar-refractivity contribution < 1.29 is 14.0 Å². The lowest BCUT2D eigenvalue weighted by atomic mass is 10.2. The van der Waals surface area contributed by atoms with Crippen molar-refractivity contribution in [3.63, 3.8) is 0 Å². The summed E-state index contributed by atoms with van der Waals surface area (Å²) in [5.74, 6) is 0.456. The number of carbonyl (C=O) groups excluding carboxylic acids is 2. The molecule has 6 nitrogen and oxygen atoms in total. The highest BCUT2D eigenvalue weighted by Crippen LogP contribution is 2.16. The molecule has 1 fully saturated rings. The van der Waals surface area contributed by atoms with Crippen LogP contribution in [0.5, 0.6) is 0 Å². The van der Waals surface area contributed by atoms with Crippen LogP contribution in [0.25, 0.3) is 0 Å². The number of aryl methyl sites for hydroxylation is 2. The molecular formula is C17H27N3O3. The third kappa shape index (κ3) is 4.33. The van der Waals surface area contributed by atoms with Gasteiger partial charge in [-0.15, -0.1) is 0 Å². The largest absolute Gasteiger partial charge is 0.436 e. The zero-order valence-electron chi connectivity index (χ0n) is 14.6. The van der Waals surface area contributed by atoms with E-state index in [0.717, 1.165) is 25.9 Å². The molecule has 1 aromatic rings. The highest BCUT2D eigenvalue weighted by Gasteiger charge is 2.28. The summed E-state index contributed by atoms with van der Waals surface area (Å²) in [7, 11) is 0. The van der Waals surface area contributed by atoms with Crippen LogP contribution in [-0.2, 0) is 4.79 Å². The first kappa shape index (κ1) is 17.5. The second-order valence-corrected chi connectivity index (χ2v) is 6.47. The van der Waals surface area contributed by atoms with Crippen molar-refractivity contribution in [1.82, 2.24) is 14.8 Å². The molecule has 1 aliphatic rings. The molecule has 23 heavy (non-hydrogen) atoms. The first-order valence-electron chi connectivity index (χ1n) is 8.43. The molecule has 6 heteroatoms. The molecule has 1 aromatic heterocycles. The normalized spacial score (nSPS) is 15.6. The van der Waals surface area contributed by atoms with Crippen molar-refractivity contribution in [3.05, 3.63) is 17.3 Å². The van der Waals surface area contributed by atoms with Crippen molar-refractivity contribution in [2.45, 2.75) is 59.4 Å². The number of amides is 2. The molecule has 1 aliphatic heterocycles. The molecule has 0 radical (unpaired) electrons. The molecule has 0 N–H and O–H groups in total. The number of rotatable bonds is 4. The number of hydrogen-bond donors (Lipinski definition) is 0. The van der Waals surface area contributed by atoms with Crippen molar-refractivity contribution in [3.8, 4) is 0 Å². The van der Waals surface area contributed by atoms with Crippen LogP contribution in [0.4, 0.5) is 0 Å². The van der Waals surface area contributed by atoms with Crippen LogP contribution in [0, 0.1) is 13.8 Å². The fourth-order valence-electron chi connectivity index (χ4n) is 2.91. The minimum Gasteiger partial charge on any atom is -0.436 e. The zero-order valence-corrected chi connectivity index (χ0v) is 14.6. The van der Waals surface area contributed by atoms with Gasteiger partial charge in [-0.1, -0.05) is 12.8 Å². The van der Waals surface area contributed by atoms with Gasteiger partial charge in [-0.25, -0.2) is 4.98 Å². The average molecular weight is 321 g/mol. The maximum Gasteiger partial charge on any atom is 0.292 e. The predicted octanol–water partition coefficient (Wildman–Crippen LogP) is 2.54. The van der Waals surface area contributed by atoms with Gasteiger partial charge < -0.3 is 14.2 Å². The summed E-state index contributed by atoms with van der Waals surface area (Å²) in [6.45, 7) is 8.96. The van der Waals surface area contributed by atoms with E-state index in [4.69, 9.17) is 4.42 Å². The Bertz CT molecular complexity index is 557. The van der Waals surface area contributed by atoms with Crippen LogP contribution >= 0.6 is 0 Å². The topological polar surface area (TPSA) is 66.7 Å². The van der Waals surface area contributed by atoms with E-state index < -0.39 is 0 Å². The van der Waals surface area contributed by atoms with Gasteiger partial charge in [0.25, 0.3) is 5.91 Å².